The number of rotatable bonds is 6. The summed E-state index contributed by atoms with van der Waals surface area (Å²) < 4.78 is 66.3. The number of hydrogen-bond donors (Lipinski definition) is 1. The topological polar surface area (TPSA) is 145 Å². The van der Waals surface area contributed by atoms with Crippen LogP contribution in [0.5, 0.6) is 0 Å². The van der Waals surface area contributed by atoms with Gasteiger partial charge in [-0.1, -0.05) is 12.1 Å². The summed E-state index contributed by atoms with van der Waals surface area (Å²) in [4.78, 5) is 24.5. The van der Waals surface area contributed by atoms with Gasteiger partial charge in [-0.3, -0.25) is 4.79 Å². The maximum atomic E-state index is 12.6. The molecule has 188 valence electrons. The van der Waals surface area contributed by atoms with E-state index in [1.54, 1.807) is 32.4 Å². The van der Waals surface area contributed by atoms with E-state index in [1.807, 2.05) is 0 Å². The fourth-order valence-electron chi connectivity index (χ4n) is 4.27. The molecular formula is C21H27NO11S. The molecule has 1 N–H and O–H groups in total. The molecule has 12 nitrogen and oxygen atoms in total. The molecule has 0 aromatic heterocycles. The number of nitrogens with one attached hydrogen (secondary N) is 1. The Balaban J connectivity index is 1.50. The van der Waals surface area contributed by atoms with Crippen LogP contribution in [0.15, 0.2) is 24.3 Å². The molecule has 3 aliphatic heterocycles. The Hall–Kier alpha value is -2.13. The zero-order valence-corrected chi connectivity index (χ0v) is 20.2. The van der Waals surface area contributed by atoms with Crippen molar-refractivity contribution in [3.8, 4) is 0 Å². The molecule has 0 spiro atoms. The summed E-state index contributed by atoms with van der Waals surface area (Å²) in [6.07, 6.45) is -1.91. The van der Waals surface area contributed by atoms with Gasteiger partial charge >= 0.3 is 16.3 Å². The first kappa shape index (κ1) is 25.0. The van der Waals surface area contributed by atoms with Gasteiger partial charge in [0.15, 0.2) is 11.6 Å². The number of amides is 1. The van der Waals surface area contributed by atoms with E-state index in [0.717, 1.165) is 7.11 Å². The van der Waals surface area contributed by atoms with E-state index in [0.29, 0.717) is 0 Å². The summed E-state index contributed by atoms with van der Waals surface area (Å²) in [7, 11) is -3.50. The quantitative estimate of drug-likeness (QED) is 0.554. The predicted molar refractivity (Wildman–Crippen MR) is 113 cm³/mol. The monoisotopic (exact) mass is 501 g/mol. The first-order valence-electron chi connectivity index (χ1n) is 10.5. The minimum atomic E-state index is -4.64. The van der Waals surface area contributed by atoms with Crippen LogP contribution in [0, 0.1) is 0 Å². The highest BCUT2D eigenvalue weighted by Crippen LogP contribution is 2.47. The molecule has 3 fully saturated rings. The van der Waals surface area contributed by atoms with Crippen LogP contribution in [0.4, 0.5) is 0 Å². The van der Waals surface area contributed by atoms with Crippen molar-refractivity contribution < 1.29 is 50.6 Å². The molecule has 1 aromatic rings. The maximum Gasteiger partial charge on any atom is 0.362 e. The molecule has 1 aromatic carbocycles. The molecule has 3 aliphatic rings. The van der Waals surface area contributed by atoms with Gasteiger partial charge in [-0.2, -0.15) is 8.42 Å². The average Bonchev–Trinajstić information content (AvgIpc) is 3.22. The lowest BCUT2D eigenvalue weighted by molar-refractivity contribution is -0.290. The number of fused-ring (bicyclic) bond motifs is 3. The second-order valence-corrected chi connectivity index (χ2v) is 10.3. The summed E-state index contributed by atoms with van der Waals surface area (Å²) in [6.45, 7) is 6.20. The Morgan fingerprint density at radius 3 is 2.41 bits per heavy atom. The van der Waals surface area contributed by atoms with Crippen molar-refractivity contribution >= 4 is 22.2 Å². The Kier molecular flexibility index (Phi) is 6.26. The second kappa shape index (κ2) is 8.52. The average molecular weight is 502 g/mol. The van der Waals surface area contributed by atoms with Gasteiger partial charge in [0.1, 0.15) is 24.9 Å². The molecule has 34 heavy (non-hydrogen) atoms. The number of hydrogen-bond acceptors (Lipinski definition) is 11. The molecule has 3 heterocycles. The van der Waals surface area contributed by atoms with Crippen molar-refractivity contribution in [1.29, 1.82) is 0 Å². The van der Waals surface area contributed by atoms with Gasteiger partial charge in [-0.15, -0.1) is 0 Å². The molecule has 0 bridgehead atoms. The third-order valence-electron chi connectivity index (χ3n) is 5.48. The van der Waals surface area contributed by atoms with Crippen LogP contribution in [0.3, 0.4) is 0 Å². The Morgan fingerprint density at radius 2 is 1.74 bits per heavy atom. The smallest absolute Gasteiger partial charge is 0.362 e. The maximum absolute atomic E-state index is 12.6. The van der Waals surface area contributed by atoms with Crippen molar-refractivity contribution in [2.24, 2.45) is 0 Å². The van der Waals surface area contributed by atoms with Crippen LogP contribution < -0.4 is 4.72 Å². The molecule has 0 aliphatic carbocycles. The van der Waals surface area contributed by atoms with Crippen LogP contribution in [0.2, 0.25) is 0 Å². The standard InChI is InChI=1S/C21H27NO11S/c1-19(2)30-14-10-28-21(16(15(14)31-19)32-20(3,4)33-21)11-29-34(25,26)22-17(23)12-8-6-7-9-13(12)18(24)27-5/h6-9,14-16H,10-11H2,1-5H3,(H,22,23)/t14-,15-,16?,21+/m1/s1. The highest BCUT2D eigenvalue weighted by molar-refractivity contribution is 7.85. The minimum Gasteiger partial charge on any atom is -0.465 e. The van der Waals surface area contributed by atoms with E-state index < -0.39 is 64.5 Å². The van der Waals surface area contributed by atoms with Crippen LogP contribution in [-0.4, -0.2) is 76.3 Å². The van der Waals surface area contributed by atoms with Gasteiger partial charge in [-0.25, -0.2) is 13.7 Å². The molecular weight excluding hydrogens is 474 g/mol. The predicted octanol–water partition coefficient (Wildman–Crippen LogP) is 0.863. The van der Waals surface area contributed by atoms with Gasteiger partial charge in [0.25, 0.3) is 5.91 Å². The van der Waals surface area contributed by atoms with E-state index in [-0.39, 0.29) is 17.7 Å². The number of carbonyl (C=O) groups is 2. The first-order valence-corrected chi connectivity index (χ1v) is 11.9. The third kappa shape index (κ3) is 4.82. The van der Waals surface area contributed by atoms with E-state index in [1.165, 1.54) is 24.3 Å². The minimum absolute atomic E-state index is 0.0479. The largest absolute Gasteiger partial charge is 0.465 e. The van der Waals surface area contributed by atoms with Gasteiger partial charge in [0.05, 0.1) is 24.8 Å². The first-order chi connectivity index (χ1) is 15.8. The summed E-state index contributed by atoms with van der Waals surface area (Å²) in [6, 6.07) is 5.60. The van der Waals surface area contributed by atoms with Crippen LogP contribution in [-0.2, 0) is 42.9 Å². The number of methoxy groups -OCH3 is 1. The van der Waals surface area contributed by atoms with Gasteiger partial charge < -0.3 is 28.4 Å². The van der Waals surface area contributed by atoms with Gasteiger partial charge in [-0.05, 0) is 39.8 Å². The molecule has 0 saturated carbocycles. The second-order valence-electron chi connectivity index (χ2n) is 8.99. The normalized spacial score (nSPS) is 31.4. The third-order valence-corrected chi connectivity index (χ3v) is 6.35. The van der Waals surface area contributed by atoms with Gasteiger partial charge in [0.2, 0.25) is 5.79 Å². The number of ether oxygens (including phenoxy) is 6. The Labute approximate surface area is 197 Å². The molecule has 0 radical (unpaired) electrons. The highest BCUT2D eigenvalue weighted by atomic mass is 32.2. The number of carbonyl (C=O) groups excluding carboxylic acids is 2. The SMILES string of the molecule is COC(=O)c1ccccc1C(=O)NS(=O)(=O)OC[C@@]12OC[C@H]3OC(C)(C)O[C@H]3C1OC(C)(C)O2. The summed E-state index contributed by atoms with van der Waals surface area (Å²) in [5, 5.41) is 0. The molecule has 3 saturated heterocycles. The zero-order valence-electron chi connectivity index (χ0n) is 19.4. The Bertz CT molecular complexity index is 1090. The summed E-state index contributed by atoms with van der Waals surface area (Å²) in [5.41, 5.74) is -0.303. The van der Waals surface area contributed by atoms with Crippen molar-refractivity contribution in [1.82, 2.24) is 4.72 Å². The number of benzene rings is 1. The number of esters is 1. The van der Waals surface area contributed by atoms with E-state index in [9.17, 15) is 18.0 Å². The fourth-order valence-corrected chi connectivity index (χ4v) is 4.99. The lowest BCUT2D eigenvalue weighted by atomic mass is 9.98. The lowest BCUT2D eigenvalue weighted by Gasteiger charge is -2.40. The van der Waals surface area contributed by atoms with Gasteiger partial charge in [0, 0.05) is 0 Å². The molecule has 1 unspecified atom stereocenters. The van der Waals surface area contributed by atoms with E-state index in [2.05, 4.69) is 4.74 Å². The van der Waals surface area contributed by atoms with Crippen LogP contribution in [0.1, 0.15) is 48.4 Å². The van der Waals surface area contributed by atoms with Crippen molar-refractivity contribution in [3.05, 3.63) is 35.4 Å². The molecule has 4 rings (SSSR count). The zero-order chi connectivity index (χ0) is 24.9. The Morgan fingerprint density at radius 1 is 1.06 bits per heavy atom. The lowest BCUT2D eigenvalue weighted by Crippen LogP contribution is -2.60. The fraction of sp³-hybridized carbons (Fsp3) is 0.619. The van der Waals surface area contributed by atoms with Crippen LogP contribution >= 0.6 is 0 Å². The molecule has 4 atom stereocenters. The van der Waals surface area contributed by atoms with Crippen molar-refractivity contribution in [2.45, 2.75) is 63.4 Å². The summed E-state index contributed by atoms with van der Waals surface area (Å²) in [5.74, 6) is -5.52. The van der Waals surface area contributed by atoms with Crippen molar-refractivity contribution in [2.75, 3.05) is 20.3 Å². The van der Waals surface area contributed by atoms with Crippen LogP contribution in [0.25, 0.3) is 0 Å². The van der Waals surface area contributed by atoms with Crippen molar-refractivity contribution in [3.63, 3.8) is 0 Å². The summed E-state index contributed by atoms with van der Waals surface area (Å²) >= 11 is 0. The van der Waals surface area contributed by atoms with E-state index >= 15 is 0 Å². The highest BCUT2D eigenvalue weighted by Gasteiger charge is 2.65. The van der Waals surface area contributed by atoms with E-state index in [4.69, 9.17) is 27.9 Å². The molecule has 1 amide bonds. The molecule has 13 heteroatoms.